The van der Waals surface area contributed by atoms with Gasteiger partial charge in [0.25, 0.3) is 0 Å². The molecule has 2 atom stereocenters. The molecule has 0 aliphatic heterocycles. The van der Waals surface area contributed by atoms with E-state index in [4.69, 9.17) is 0 Å². The van der Waals surface area contributed by atoms with Gasteiger partial charge in [-0.05, 0) is 18.3 Å². The molecule has 0 aromatic heterocycles. The molecule has 0 radical (unpaired) electrons. The van der Waals surface area contributed by atoms with Crippen LogP contribution in [0.4, 0.5) is 13.2 Å². The topological polar surface area (TPSA) is 0 Å². The predicted octanol–water partition coefficient (Wildman–Crippen LogP) is 4.55. The molecule has 0 spiro atoms. The van der Waals surface area contributed by atoms with Crippen LogP contribution >= 0.6 is 0 Å². The summed E-state index contributed by atoms with van der Waals surface area (Å²) in [7, 11) is 0. The maximum Gasteiger partial charge on any atom is 0.389 e. The van der Waals surface area contributed by atoms with Crippen LogP contribution in [0.2, 0.25) is 0 Å². The van der Waals surface area contributed by atoms with Gasteiger partial charge in [0.2, 0.25) is 0 Å². The molecule has 0 saturated heterocycles. The van der Waals surface area contributed by atoms with Crippen LogP contribution in [0, 0.1) is 11.8 Å². The minimum absolute atomic E-state index is 0.0969. The first-order valence-corrected chi connectivity index (χ1v) is 5.58. The number of rotatable bonds is 3. The Bertz CT molecular complexity index is 160. The zero-order valence-corrected chi connectivity index (χ0v) is 8.74. The maximum atomic E-state index is 12.2. The Balaban J connectivity index is 2.32. The molecule has 0 nitrogen and oxygen atoms in total. The van der Waals surface area contributed by atoms with E-state index in [1.54, 1.807) is 0 Å². The number of alkyl halides is 3. The van der Waals surface area contributed by atoms with Crippen LogP contribution in [0.25, 0.3) is 0 Å². The van der Waals surface area contributed by atoms with Crippen molar-refractivity contribution in [3.63, 3.8) is 0 Å². The van der Waals surface area contributed by atoms with E-state index in [0.717, 1.165) is 38.5 Å². The van der Waals surface area contributed by atoms with Gasteiger partial charge in [0.15, 0.2) is 0 Å². The first kappa shape index (κ1) is 11.9. The fourth-order valence-electron chi connectivity index (χ4n) is 2.59. The van der Waals surface area contributed by atoms with Crippen molar-refractivity contribution >= 4 is 0 Å². The van der Waals surface area contributed by atoms with Crippen LogP contribution in [0.5, 0.6) is 0 Å². The van der Waals surface area contributed by atoms with Crippen LogP contribution in [0.3, 0.4) is 0 Å². The van der Waals surface area contributed by atoms with Gasteiger partial charge in [0.05, 0.1) is 0 Å². The Kier molecular flexibility index (Phi) is 4.27. The molecule has 0 bridgehead atoms. The monoisotopic (exact) mass is 208 g/mol. The van der Waals surface area contributed by atoms with Crippen LogP contribution in [0.15, 0.2) is 0 Å². The van der Waals surface area contributed by atoms with Crippen molar-refractivity contribution in [2.24, 2.45) is 11.8 Å². The van der Waals surface area contributed by atoms with Gasteiger partial charge in [-0.15, -0.1) is 0 Å². The van der Waals surface area contributed by atoms with E-state index in [2.05, 4.69) is 6.92 Å². The Morgan fingerprint density at radius 3 is 2.36 bits per heavy atom. The molecule has 1 saturated carbocycles. The van der Waals surface area contributed by atoms with Gasteiger partial charge >= 0.3 is 6.18 Å². The number of hydrogen-bond donors (Lipinski definition) is 0. The van der Waals surface area contributed by atoms with E-state index in [9.17, 15) is 13.2 Å². The summed E-state index contributed by atoms with van der Waals surface area (Å²) in [5.74, 6) is 0.460. The maximum absolute atomic E-state index is 12.2. The summed E-state index contributed by atoms with van der Waals surface area (Å²) in [6.07, 6.45) is 1.39. The third-order valence-electron chi connectivity index (χ3n) is 3.11. The standard InChI is InChI=1S/C11H19F3/c1-2-4-9-5-3-6-10(7-9)8-11(12,13)14/h9-10H,2-8H2,1H3. The molecule has 1 fully saturated rings. The quantitative estimate of drug-likeness (QED) is 0.638. The first-order valence-electron chi connectivity index (χ1n) is 5.58. The van der Waals surface area contributed by atoms with Crippen molar-refractivity contribution in [3.8, 4) is 0 Å². The van der Waals surface area contributed by atoms with Crippen LogP contribution in [-0.4, -0.2) is 6.18 Å². The highest BCUT2D eigenvalue weighted by Crippen LogP contribution is 2.37. The second kappa shape index (κ2) is 5.04. The summed E-state index contributed by atoms with van der Waals surface area (Å²) < 4.78 is 36.5. The molecule has 0 aromatic carbocycles. The third kappa shape index (κ3) is 4.34. The first-order chi connectivity index (χ1) is 6.51. The lowest BCUT2D eigenvalue weighted by Gasteiger charge is -2.29. The number of halogens is 3. The zero-order chi connectivity index (χ0) is 10.6. The molecule has 3 heteroatoms. The normalized spacial score (nSPS) is 29.1. The molecule has 2 unspecified atom stereocenters. The second-order valence-corrected chi connectivity index (χ2v) is 4.51. The lowest BCUT2D eigenvalue weighted by atomic mass is 9.78. The van der Waals surface area contributed by atoms with Gasteiger partial charge in [0, 0.05) is 6.42 Å². The summed E-state index contributed by atoms with van der Waals surface area (Å²) >= 11 is 0. The van der Waals surface area contributed by atoms with Gasteiger partial charge in [-0.1, -0.05) is 39.0 Å². The number of hydrogen-bond acceptors (Lipinski definition) is 0. The van der Waals surface area contributed by atoms with E-state index in [1.807, 2.05) is 0 Å². The van der Waals surface area contributed by atoms with E-state index in [0.29, 0.717) is 5.92 Å². The highest BCUT2D eigenvalue weighted by atomic mass is 19.4. The second-order valence-electron chi connectivity index (χ2n) is 4.51. The molecule has 0 aromatic rings. The van der Waals surface area contributed by atoms with Gasteiger partial charge in [-0.3, -0.25) is 0 Å². The van der Waals surface area contributed by atoms with E-state index < -0.39 is 12.6 Å². The zero-order valence-electron chi connectivity index (χ0n) is 8.74. The van der Waals surface area contributed by atoms with Gasteiger partial charge < -0.3 is 0 Å². The molecule has 1 aliphatic rings. The van der Waals surface area contributed by atoms with Gasteiger partial charge in [-0.2, -0.15) is 13.2 Å². The van der Waals surface area contributed by atoms with Crippen molar-refractivity contribution in [1.82, 2.24) is 0 Å². The van der Waals surface area contributed by atoms with E-state index in [-0.39, 0.29) is 5.92 Å². The van der Waals surface area contributed by atoms with Gasteiger partial charge in [0.1, 0.15) is 0 Å². The summed E-state index contributed by atoms with van der Waals surface area (Å²) in [4.78, 5) is 0. The van der Waals surface area contributed by atoms with Gasteiger partial charge in [-0.25, -0.2) is 0 Å². The van der Waals surface area contributed by atoms with Crippen LogP contribution in [0.1, 0.15) is 51.9 Å². The molecular formula is C11H19F3. The minimum Gasteiger partial charge on any atom is -0.171 e. The Hall–Kier alpha value is -0.210. The molecular weight excluding hydrogens is 189 g/mol. The minimum atomic E-state index is -3.96. The summed E-state index contributed by atoms with van der Waals surface area (Å²) in [5.41, 5.74) is 0. The summed E-state index contributed by atoms with van der Waals surface area (Å²) in [6, 6.07) is 0. The van der Waals surface area contributed by atoms with Crippen molar-refractivity contribution in [1.29, 1.82) is 0 Å². The SMILES string of the molecule is CCCC1CCCC(CC(F)(F)F)C1. The largest absolute Gasteiger partial charge is 0.389 e. The Morgan fingerprint density at radius 2 is 1.79 bits per heavy atom. The van der Waals surface area contributed by atoms with E-state index in [1.165, 1.54) is 0 Å². The van der Waals surface area contributed by atoms with Crippen molar-refractivity contribution in [2.45, 2.75) is 58.0 Å². The average Bonchev–Trinajstić information content (AvgIpc) is 2.02. The van der Waals surface area contributed by atoms with Crippen molar-refractivity contribution < 1.29 is 13.2 Å². The van der Waals surface area contributed by atoms with Crippen LogP contribution < -0.4 is 0 Å². The fraction of sp³-hybridized carbons (Fsp3) is 1.00. The molecule has 14 heavy (non-hydrogen) atoms. The smallest absolute Gasteiger partial charge is 0.171 e. The fourth-order valence-corrected chi connectivity index (χ4v) is 2.59. The predicted molar refractivity (Wildman–Crippen MR) is 51.0 cm³/mol. The van der Waals surface area contributed by atoms with Crippen LogP contribution in [-0.2, 0) is 0 Å². The lowest BCUT2D eigenvalue weighted by Crippen LogP contribution is -2.21. The Morgan fingerprint density at radius 1 is 1.14 bits per heavy atom. The van der Waals surface area contributed by atoms with Crippen molar-refractivity contribution in [2.75, 3.05) is 0 Å². The molecule has 0 heterocycles. The Labute approximate surface area is 83.9 Å². The summed E-state index contributed by atoms with van der Waals surface area (Å²) in [6.45, 7) is 2.10. The highest BCUT2D eigenvalue weighted by molar-refractivity contribution is 4.74. The summed E-state index contributed by atoms with van der Waals surface area (Å²) in [5, 5.41) is 0. The highest BCUT2D eigenvalue weighted by Gasteiger charge is 2.34. The molecule has 0 N–H and O–H groups in total. The molecule has 1 aliphatic carbocycles. The lowest BCUT2D eigenvalue weighted by molar-refractivity contribution is -0.147. The third-order valence-corrected chi connectivity index (χ3v) is 3.11. The van der Waals surface area contributed by atoms with E-state index >= 15 is 0 Å². The molecule has 84 valence electrons. The van der Waals surface area contributed by atoms with Crippen molar-refractivity contribution in [3.05, 3.63) is 0 Å². The molecule has 0 amide bonds. The molecule has 1 rings (SSSR count). The average molecular weight is 208 g/mol.